The Morgan fingerprint density at radius 3 is 2.67 bits per heavy atom. The van der Waals surface area contributed by atoms with E-state index in [4.69, 9.17) is 4.74 Å². The molecule has 5 heteroatoms. The van der Waals surface area contributed by atoms with Crippen LogP contribution < -0.4 is 9.64 Å². The van der Waals surface area contributed by atoms with Crippen LogP contribution in [0.3, 0.4) is 0 Å². The lowest BCUT2D eigenvalue weighted by molar-refractivity contribution is -0.112. The monoisotopic (exact) mass is 326 g/mol. The molecule has 126 valence electrons. The van der Waals surface area contributed by atoms with Crippen LogP contribution in [-0.2, 0) is 16.2 Å². The smallest absolute Gasteiger partial charge is 0.272 e. The molecule has 5 nitrogen and oxygen atoms in total. The van der Waals surface area contributed by atoms with Crippen molar-refractivity contribution in [3.63, 3.8) is 0 Å². The lowest BCUT2D eigenvalue weighted by Crippen LogP contribution is -2.28. The maximum atomic E-state index is 12.1. The van der Waals surface area contributed by atoms with Gasteiger partial charge in [0.05, 0.1) is 5.69 Å². The molecule has 0 heterocycles. The van der Waals surface area contributed by atoms with Crippen molar-refractivity contribution in [2.24, 2.45) is 5.16 Å². The SMILES string of the molecule is CON=CC(=O)N(C)c1ccccc1COc1ccc(C)cc1C. The molecule has 0 spiro atoms. The second kappa shape index (κ2) is 8.15. The molecule has 0 fully saturated rings. The molecule has 1 amide bonds. The van der Waals surface area contributed by atoms with E-state index in [9.17, 15) is 4.79 Å². The van der Waals surface area contributed by atoms with E-state index in [1.54, 1.807) is 7.05 Å². The lowest BCUT2D eigenvalue weighted by atomic mass is 10.1. The molecule has 0 unspecified atom stereocenters. The fraction of sp³-hybridized carbons (Fsp3) is 0.263. The number of rotatable bonds is 6. The maximum absolute atomic E-state index is 12.1. The van der Waals surface area contributed by atoms with Crippen LogP contribution in [-0.4, -0.2) is 26.3 Å². The molecule has 0 aliphatic carbocycles. The first kappa shape index (κ1) is 17.5. The van der Waals surface area contributed by atoms with Gasteiger partial charge in [-0.3, -0.25) is 4.79 Å². The van der Waals surface area contributed by atoms with Crippen molar-refractivity contribution in [3.05, 3.63) is 59.2 Å². The first-order valence-corrected chi connectivity index (χ1v) is 7.65. The average Bonchev–Trinajstić information content (AvgIpc) is 2.58. The summed E-state index contributed by atoms with van der Waals surface area (Å²) in [5.41, 5.74) is 3.97. The molecule has 0 atom stereocenters. The summed E-state index contributed by atoms with van der Waals surface area (Å²) in [5, 5.41) is 3.51. The van der Waals surface area contributed by atoms with Gasteiger partial charge in [0.25, 0.3) is 5.91 Å². The summed E-state index contributed by atoms with van der Waals surface area (Å²) >= 11 is 0. The highest BCUT2D eigenvalue weighted by atomic mass is 16.6. The van der Waals surface area contributed by atoms with E-state index in [1.165, 1.54) is 17.6 Å². The van der Waals surface area contributed by atoms with Crippen LogP contribution >= 0.6 is 0 Å². The fourth-order valence-corrected chi connectivity index (χ4v) is 2.38. The summed E-state index contributed by atoms with van der Waals surface area (Å²) in [7, 11) is 3.09. The van der Waals surface area contributed by atoms with Gasteiger partial charge < -0.3 is 14.5 Å². The van der Waals surface area contributed by atoms with Gasteiger partial charge in [0, 0.05) is 12.6 Å². The van der Waals surface area contributed by atoms with E-state index in [-0.39, 0.29) is 5.91 Å². The molecule has 24 heavy (non-hydrogen) atoms. The van der Waals surface area contributed by atoms with Crippen molar-refractivity contribution in [3.8, 4) is 5.75 Å². The van der Waals surface area contributed by atoms with E-state index >= 15 is 0 Å². The zero-order chi connectivity index (χ0) is 17.5. The molecule has 0 aliphatic rings. The van der Waals surface area contributed by atoms with Crippen molar-refractivity contribution in [1.29, 1.82) is 0 Å². The zero-order valence-electron chi connectivity index (χ0n) is 14.4. The van der Waals surface area contributed by atoms with Crippen LogP contribution in [0.15, 0.2) is 47.6 Å². The number of para-hydroxylation sites is 1. The maximum Gasteiger partial charge on any atom is 0.272 e. The van der Waals surface area contributed by atoms with Crippen LogP contribution in [0.4, 0.5) is 5.69 Å². The first-order chi connectivity index (χ1) is 11.5. The van der Waals surface area contributed by atoms with Crippen LogP contribution in [0.5, 0.6) is 5.75 Å². The summed E-state index contributed by atoms with van der Waals surface area (Å²) in [4.78, 5) is 18.1. The predicted octanol–water partition coefficient (Wildman–Crippen LogP) is 3.48. The predicted molar refractivity (Wildman–Crippen MR) is 95.6 cm³/mol. The summed E-state index contributed by atoms with van der Waals surface area (Å²) in [6.07, 6.45) is 1.14. The van der Waals surface area contributed by atoms with Gasteiger partial charge in [-0.15, -0.1) is 0 Å². The largest absolute Gasteiger partial charge is 0.489 e. The Kier molecular flexibility index (Phi) is 5.95. The van der Waals surface area contributed by atoms with Gasteiger partial charge in [-0.05, 0) is 31.5 Å². The number of benzene rings is 2. The minimum atomic E-state index is -0.268. The van der Waals surface area contributed by atoms with E-state index in [0.717, 1.165) is 28.8 Å². The van der Waals surface area contributed by atoms with Gasteiger partial charge >= 0.3 is 0 Å². The van der Waals surface area contributed by atoms with Gasteiger partial charge in [-0.1, -0.05) is 41.1 Å². The molecule has 0 saturated heterocycles. The number of nitrogens with zero attached hydrogens (tertiary/aromatic N) is 2. The minimum absolute atomic E-state index is 0.268. The second-order valence-electron chi connectivity index (χ2n) is 5.50. The minimum Gasteiger partial charge on any atom is -0.489 e. The van der Waals surface area contributed by atoms with Gasteiger partial charge in [0.15, 0.2) is 0 Å². The van der Waals surface area contributed by atoms with Gasteiger partial charge in [-0.25, -0.2) is 0 Å². The Morgan fingerprint density at radius 2 is 1.96 bits per heavy atom. The number of hydrogen-bond donors (Lipinski definition) is 0. The van der Waals surface area contributed by atoms with Crippen LogP contribution in [0.1, 0.15) is 16.7 Å². The number of amides is 1. The van der Waals surface area contributed by atoms with Crippen LogP contribution in [0, 0.1) is 13.8 Å². The third-order valence-corrected chi connectivity index (χ3v) is 3.67. The Hall–Kier alpha value is -2.82. The molecule has 2 aromatic carbocycles. The summed E-state index contributed by atoms with van der Waals surface area (Å²) in [6.45, 7) is 4.44. The highest BCUT2D eigenvalue weighted by Crippen LogP contribution is 2.24. The normalized spacial score (nSPS) is 10.7. The molecule has 0 aromatic heterocycles. The first-order valence-electron chi connectivity index (χ1n) is 7.65. The van der Waals surface area contributed by atoms with Crippen molar-refractivity contribution in [2.75, 3.05) is 19.1 Å². The van der Waals surface area contributed by atoms with Crippen molar-refractivity contribution in [1.82, 2.24) is 0 Å². The number of anilines is 1. The van der Waals surface area contributed by atoms with Crippen LogP contribution in [0.2, 0.25) is 0 Å². The molecule has 0 N–H and O–H groups in total. The Bertz CT molecular complexity index is 741. The van der Waals surface area contributed by atoms with Crippen molar-refractivity contribution < 1.29 is 14.4 Å². The van der Waals surface area contributed by atoms with Gasteiger partial charge in [0.2, 0.25) is 0 Å². The highest BCUT2D eigenvalue weighted by molar-refractivity contribution is 6.32. The number of ether oxygens (including phenoxy) is 1. The topological polar surface area (TPSA) is 51.1 Å². The Balaban J connectivity index is 2.16. The third kappa shape index (κ3) is 4.35. The second-order valence-corrected chi connectivity index (χ2v) is 5.50. The van der Waals surface area contributed by atoms with Crippen LogP contribution in [0.25, 0.3) is 0 Å². The van der Waals surface area contributed by atoms with Crippen molar-refractivity contribution >= 4 is 17.8 Å². The van der Waals surface area contributed by atoms with Crippen molar-refractivity contribution in [2.45, 2.75) is 20.5 Å². The zero-order valence-corrected chi connectivity index (χ0v) is 14.4. The molecular weight excluding hydrogens is 304 g/mol. The Labute approximate surface area is 142 Å². The molecule has 0 aliphatic heterocycles. The molecule has 2 rings (SSSR count). The number of carbonyl (C=O) groups is 1. The van der Waals surface area contributed by atoms with E-state index in [0.29, 0.717) is 6.61 Å². The summed E-state index contributed by atoms with van der Waals surface area (Å²) < 4.78 is 5.93. The van der Waals surface area contributed by atoms with Gasteiger partial charge in [-0.2, -0.15) is 0 Å². The van der Waals surface area contributed by atoms with E-state index in [2.05, 4.69) is 16.1 Å². The number of carbonyl (C=O) groups excluding carboxylic acids is 1. The highest BCUT2D eigenvalue weighted by Gasteiger charge is 2.13. The van der Waals surface area contributed by atoms with Gasteiger partial charge in [0.1, 0.15) is 25.7 Å². The molecule has 0 saturated carbocycles. The Morgan fingerprint density at radius 1 is 1.21 bits per heavy atom. The fourth-order valence-electron chi connectivity index (χ4n) is 2.38. The number of oxime groups is 1. The molecule has 2 aromatic rings. The summed E-state index contributed by atoms with van der Waals surface area (Å²) in [6, 6.07) is 13.7. The standard InChI is InChI=1S/C19H22N2O3/c1-14-9-10-18(15(2)11-14)24-13-16-7-5-6-8-17(16)21(3)19(22)12-20-23-4/h5-12H,13H2,1-4H3. The van der Waals surface area contributed by atoms with E-state index < -0.39 is 0 Å². The number of aryl methyl sites for hydroxylation is 2. The van der Waals surface area contributed by atoms with E-state index in [1.807, 2.05) is 50.2 Å². The quantitative estimate of drug-likeness (QED) is 0.603. The summed E-state index contributed by atoms with van der Waals surface area (Å²) in [5.74, 6) is 0.571. The molecular formula is C19H22N2O3. The third-order valence-electron chi connectivity index (χ3n) is 3.67. The average molecular weight is 326 g/mol. The number of hydrogen-bond acceptors (Lipinski definition) is 4. The lowest BCUT2D eigenvalue weighted by Gasteiger charge is -2.19. The molecule has 0 radical (unpaired) electrons. The molecule has 0 bridgehead atoms.